The van der Waals surface area contributed by atoms with Gasteiger partial charge in [0.1, 0.15) is 0 Å². The van der Waals surface area contributed by atoms with Crippen molar-refractivity contribution in [1.29, 1.82) is 0 Å². The predicted octanol–water partition coefficient (Wildman–Crippen LogP) is 2.64. The van der Waals surface area contributed by atoms with Crippen molar-refractivity contribution in [3.63, 3.8) is 0 Å². The Hall–Kier alpha value is -3.48. The summed E-state index contributed by atoms with van der Waals surface area (Å²) in [5.74, 6) is -1.51. The number of hydrogen-bond donors (Lipinski definition) is 2. The number of benzene rings is 2. The van der Waals surface area contributed by atoms with Gasteiger partial charge in [0.2, 0.25) is 5.91 Å². The van der Waals surface area contributed by atoms with Crippen LogP contribution in [0.25, 0.3) is 0 Å². The lowest BCUT2D eigenvalue weighted by Gasteiger charge is -2.08. The third kappa shape index (κ3) is 5.55. The molecule has 0 saturated carbocycles. The molecule has 0 atom stereocenters. The van der Waals surface area contributed by atoms with Crippen LogP contribution in [0.1, 0.15) is 34.6 Å². The number of rotatable bonds is 6. The van der Waals surface area contributed by atoms with E-state index in [1.807, 2.05) is 0 Å². The van der Waals surface area contributed by atoms with Gasteiger partial charge in [0.15, 0.2) is 12.4 Å². The number of amides is 2. The second-order valence-corrected chi connectivity index (χ2v) is 5.52. The van der Waals surface area contributed by atoms with Gasteiger partial charge < -0.3 is 15.4 Å². The molecule has 2 amide bonds. The first-order valence-electron chi connectivity index (χ1n) is 7.81. The Labute approximate surface area is 150 Å². The minimum atomic E-state index is -0.660. The van der Waals surface area contributed by atoms with E-state index in [1.165, 1.54) is 26.0 Å². The molecule has 0 fully saturated rings. The summed E-state index contributed by atoms with van der Waals surface area (Å²) in [5.41, 5.74) is 1.72. The van der Waals surface area contributed by atoms with Crippen molar-refractivity contribution in [2.45, 2.75) is 13.8 Å². The molecule has 0 bridgehead atoms. The van der Waals surface area contributed by atoms with Crippen LogP contribution in [0.3, 0.4) is 0 Å². The van der Waals surface area contributed by atoms with Crippen molar-refractivity contribution >= 4 is 34.9 Å². The molecule has 0 spiro atoms. The van der Waals surface area contributed by atoms with E-state index >= 15 is 0 Å². The molecule has 0 radical (unpaired) electrons. The highest BCUT2D eigenvalue weighted by Crippen LogP contribution is 2.12. The quantitative estimate of drug-likeness (QED) is 0.613. The summed E-state index contributed by atoms with van der Waals surface area (Å²) in [6.45, 7) is 2.35. The average Bonchev–Trinajstić information content (AvgIpc) is 2.60. The predicted molar refractivity (Wildman–Crippen MR) is 96.1 cm³/mol. The summed E-state index contributed by atoms with van der Waals surface area (Å²) in [5, 5.41) is 5.14. The van der Waals surface area contributed by atoms with Gasteiger partial charge >= 0.3 is 5.97 Å². The first-order chi connectivity index (χ1) is 12.3. The average molecular weight is 354 g/mol. The van der Waals surface area contributed by atoms with E-state index in [1.54, 1.807) is 36.4 Å². The first kappa shape index (κ1) is 18.9. The number of ether oxygens (including phenoxy) is 1. The highest BCUT2D eigenvalue weighted by Gasteiger charge is 2.11. The van der Waals surface area contributed by atoms with E-state index in [2.05, 4.69) is 10.6 Å². The van der Waals surface area contributed by atoms with E-state index in [9.17, 15) is 19.2 Å². The van der Waals surface area contributed by atoms with Gasteiger partial charge in [-0.1, -0.05) is 12.1 Å². The molecule has 0 aliphatic carbocycles. The van der Waals surface area contributed by atoms with Crippen LogP contribution in [0.2, 0.25) is 0 Å². The van der Waals surface area contributed by atoms with Crippen molar-refractivity contribution in [3.8, 4) is 0 Å². The Morgan fingerprint density at radius 3 is 2.15 bits per heavy atom. The lowest BCUT2D eigenvalue weighted by Crippen LogP contribution is -2.21. The number of ketones is 1. The number of esters is 1. The Balaban J connectivity index is 1.88. The van der Waals surface area contributed by atoms with Crippen LogP contribution in [-0.4, -0.2) is 30.2 Å². The monoisotopic (exact) mass is 354 g/mol. The minimum Gasteiger partial charge on any atom is -0.452 e. The molecule has 7 nitrogen and oxygen atoms in total. The molecule has 2 aromatic rings. The summed E-state index contributed by atoms with van der Waals surface area (Å²) in [4.78, 5) is 46.1. The van der Waals surface area contributed by atoms with Crippen LogP contribution in [-0.2, 0) is 14.3 Å². The fourth-order valence-electron chi connectivity index (χ4n) is 2.12. The van der Waals surface area contributed by atoms with Gasteiger partial charge in [-0.2, -0.15) is 0 Å². The fourth-order valence-corrected chi connectivity index (χ4v) is 2.12. The fraction of sp³-hybridized carbons (Fsp3) is 0.158. The van der Waals surface area contributed by atoms with Crippen molar-refractivity contribution in [2.24, 2.45) is 0 Å². The van der Waals surface area contributed by atoms with Crippen molar-refractivity contribution < 1.29 is 23.9 Å². The molecule has 0 heterocycles. The third-order valence-corrected chi connectivity index (χ3v) is 3.33. The molecule has 0 aliphatic heterocycles. The maximum Gasteiger partial charge on any atom is 0.338 e. The first-order valence-corrected chi connectivity index (χ1v) is 7.81. The lowest BCUT2D eigenvalue weighted by atomic mass is 10.1. The molecular formula is C19H18N2O5. The second kappa shape index (κ2) is 8.57. The van der Waals surface area contributed by atoms with Crippen LogP contribution in [0.15, 0.2) is 48.5 Å². The largest absolute Gasteiger partial charge is 0.452 e. The summed E-state index contributed by atoms with van der Waals surface area (Å²) < 4.78 is 4.96. The van der Waals surface area contributed by atoms with Crippen LogP contribution in [0.5, 0.6) is 0 Å². The maximum atomic E-state index is 11.9. The molecule has 0 unspecified atom stereocenters. The van der Waals surface area contributed by atoms with Gasteiger partial charge in [-0.3, -0.25) is 14.4 Å². The molecule has 2 N–H and O–H groups in total. The summed E-state index contributed by atoms with van der Waals surface area (Å²) in [6, 6.07) is 12.6. The van der Waals surface area contributed by atoms with Crippen LogP contribution >= 0.6 is 0 Å². The van der Waals surface area contributed by atoms with Gasteiger partial charge in [0, 0.05) is 23.9 Å². The zero-order valence-electron chi connectivity index (χ0n) is 14.4. The number of carbonyl (C=O) groups excluding carboxylic acids is 4. The highest BCUT2D eigenvalue weighted by molar-refractivity contribution is 5.98. The topological polar surface area (TPSA) is 102 Å². The normalized spacial score (nSPS) is 9.92. The molecule has 2 aromatic carbocycles. The minimum absolute atomic E-state index is 0.116. The van der Waals surface area contributed by atoms with Crippen molar-refractivity contribution in [1.82, 2.24) is 0 Å². The van der Waals surface area contributed by atoms with Gasteiger partial charge in [0.05, 0.1) is 5.56 Å². The zero-order chi connectivity index (χ0) is 19.1. The number of Topliss-reactive ketones (excluding diaryl/α,β-unsaturated/α-hetero) is 1. The Bertz CT molecular complexity index is 843. The molecular weight excluding hydrogens is 336 g/mol. The van der Waals surface area contributed by atoms with Gasteiger partial charge in [0.25, 0.3) is 5.91 Å². The molecule has 134 valence electrons. The van der Waals surface area contributed by atoms with E-state index in [0.29, 0.717) is 16.9 Å². The standard InChI is InChI=1S/C19H18N2O5/c1-12(22)15-4-3-5-17(10-15)21-18(24)11-26-19(25)14-6-8-16(9-7-14)20-13(2)23/h3-10H,11H2,1-2H3,(H,20,23)(H,21,24). The van der Waals surface area contributed by atoms with Crippen LogP contribution in [0.4, 0.5) is 11.4 Å². The third-order valence-electron chi connectivity index (χ3n) is 3.33. The Kier molecular flexibility index (Phi) is 6.21. The highest BCUT2D eigenvalue weighted by atomic mass is 16.5. The maximum absolute atomic E-state index is 11.9. The second-order valence-electron chi connectivity index (χ2n) is 5.52. The lowest BCUT2D eigenvalue weighted by molar-refractivity contribution is -0.119. The van der Waals surface area contributed by atoms with Gasteiger partial charge in [-0.05, 0) is 43.3 Å². The summed E-state index contributed by atoms with van der Waals surface area (Å²) >= 11 is 0. The Morgan fingerprint density at radius 1 is 0.846 bits per heavy atom. The van der Waals surface area contributed by atoms with Gasteiger partial charge in [-0.25, -0.2) is 4.79 Å². The molecule has 0 saturated heterocycles. The van der Waals surface area contributed by atoms with Crippen molar-refractivity contribution in [2.75, 3.05) is 17.2 Å². The number of anilines is 2. The zero-order valence-corrected chi connectivity index (χ0v) is 14.4. The molecule has 2 rings (SSSR count). The summed E-state index contributed by atoms with van der Waals surface area (Å²) in [6.07, 6.45) is 0. The molecule has 0 aromatic heterocycles. The van der Waals surface area contributed by atoms with E-state index in [-0.39, 0.29) is 17.3 Å². The van der Waals surface area contributed by atoms with Gasteiger partial charge in [-0.15, -0.1) is 0 Å². The van der Waals surface area contributed by atoms with E-state index in [4.69, 9.17) is 4.74 Å². The molecule has 0 aliphatic rings. The van der Waals surface area contributed by atoms with Crippen molar-refractivity contribution in [3.05, 3.63) is 59.7 Å². The van der Waals surface area contributed by atoms with E-state index < -0.39 is 18.5 Å². The number of hydrogen-bond acceptors (Lipinski definition) is 5. The SMILES string of the molecule is CC(=O)Nc1ccc(C(=O)OCC(=O)Nc2cccc(C(C)=O)c2)cc1. The van der Waals surface area contributed by atoms with Crippen LogP contribution in [0, 0.1) is 0 Å². The number of carbonyl (C=O) groups is 4. The van der Waals surface area contributed by atoms with Crippen LogP contribution < -0.4 is 10.6 Å². The Morgan fingerprint density at radius 2 is 1.54 bits per heavy atom. The molecule has 26 heavy (non-hydrogen) atoms. The molecule has 7 heteroatoms. The van der Waals surface area contributed by atoms with E-state index in [0.717, 1.165) is 0 Å². The number of nitrogens with one attached hydrogen (secondary N) is 2. The smallest absolute Gasteiger partial charge is 0.338 e. The summed E-state index contributed by atoms with van der Waals surface area (Å²) in [7, 11) is 0.